The normalized spacial score (nSPS) is 27.9. The van der Waals surface area contributed by atoms with Crippen molar-refractivity contribution in [3.63, 3.8) is 0 Å². The maximum absolute atomic E-state index is 3.55. The Balaban J connectivity index is 1.87. The van der Waals surface area contributed by atoms with Crippen molar-refractivity contribution in [3.8, 4) is 0 Å². The van der Waals surface area contributed by atoms with Gasteiger partial charge in [-0.1, -0.05) is 42.5 Å². The van der Waals surface area contributed by atoms with Gasteiger partial charge in [-0.05, 0) is 18.4 Å². The standard InChI is InChI=1S/C13H15N/c1-2-6-11(7-3-1)12-13(10-14-12)8-4-5-9-13/h1-7,12,14H,8-10H2/t12-/m0/s1. The smallest absolute Gasteiger partial charge is 0.0395 e. The third-order valence-electron chi connectivity index (χ3n) is 3.62. The van der Waals surface area contributed by atoms with Gasteiger partial charge in [-0.2, -0.15) is 0 Å². The third kappa shape index (κ3) is 1.05. The first kappa shape index (κ1) is 8.25. The van der Waals surface area contributed by atoms with E-state index >= 15 is 0 Å². The molecule has 1 spiro atoms. The number of benzene rings is 1. The lowest BCUT2D eigenvalue weighted by atomic mass is 9.69. The van der Waals surface area contributed by atoms with Crippen molar-refractivity contribution >= 4 is 0 Å². The molecular formula is C13H15N. The Morgan fingerprint density at radius 2 is 1.79 bits per heavy atom. The van der Waals surface area contributed by atoms with E-state index in [1.807, 2.05) is 0 Å². The summed E-state index contributed by atoms with van der Waals surface area (Å²) in [6.07, 6.45) is 7.16. The van der Waals surface area contributed by atoms with Gasteiger partial charge in [0, 0.05) is 18.0 Å². The van der Waals surface area contributed by atoms with Crippen molar-refractivity contribution in [1.29, 1.82) is 0 Å². The first-order valence-electron chi connectivity index (χ1n) is 5.34. The van der Waals surface area contributed by atoms with Crippen molar-refractivity contribution in [2.75, 3.05) is 6.54 Å². The molecule has 0 unspecified atom stereocenters. The molecule has 0 radical (unpaired) electrons. The maximum Gasteiger partial charge on any atom is 0.0395 e. The van der Waals surface area contributed by atoms with Gasteiger partial charge in [0.15, 0.2) is 0 Å². The molecule has 1 aromatic carbocycles. The summed E-state index contributed by atoms with van der Waals surface area (Å²) in [4.78, 5) is 0. The lowest BCUT2D eigenvalue weighted by Gasteiger charge is -2.48. The largest absolute Gasteiger partial charge is 0.309 e. The maximum atomic E-state index is 3.55. The molecule has 1 heterocycles. The average Bonchev–Trinajstić information content (AvgIpc) is 2.68. The van der Waals surface area contributed by atoms with Crippen LogP contribution in [0.1, 0.15) is 24.4 Å². The highest BCUT2D eigenvalue weighted by molar-refractivity contribution is 5.28. The fourth-order valence-corrected chi connectivity index (χ4v) is 2.71. The Morgan fingerprint density at radius 1 is 1.07 bits per heavy atom. The van der Waals surface area contributed by atoms with Crippen molar-refractivity contribution in [3.05, 3.63) is 48.0 Å². The lowest BCUT2D eigenvalue weighted by molar-refractivity contribution is 0.0968. The Morgan fingerprint density at radius 3 is 2.36 bits per heavy atom. The molecule has 1 nitrogen and oxygen atoms in total. The molecular weight excluding hydrogens is 170 g/mol. The zero-order chi connectivity index (χ0) is 9.43. The van der Waals surface area contributed by atoms with Crippen LogP contribution in [0.2, 0.25) is 0 Å². The van der Waals surface area contributed by atoms with Gasteiger partial charge in [-0.25, -0.2) is 0 Å². The van der Waals surface area contributed by atoms with Crippen LogP contribution in [0.4, 0.5) is 0 Å². The summed E-state index contributed by atoms with van der Waals surface area (Å²) < 4.78 is 0. The van der Waals surface area contributed by atoms with E-state index < -0.39 is 0 Å². The van der Waals surface area contributed by atoms with Crippen molar-refractivity contribution in [2.24, 2.45) is 5.41 Å². The minimum atomic E-state index is 0.515. The highest BCUT2D eigenvalue weighted by Gasteiger charge is 2.46. The molecule has 0 amide bonds. The molecule has 1 heteroatoms. The second-order valence-electron chi connectivity index (χ2n) is 4.47. The number of nitrogens with one attached hydrogen (secondary N) is 1. The van der Waals surface area contributed by atoms with Gasteiger partial charge < -0.3 is 5.32 Å². The van der Waals surface area contributed by atoms with E-state index in [9.17, 15) is 0 Å². The van der Waals surface area contributed by atoms with Gasteiger partial charge in [0.25, 0.3) is 0 Å². The minimum absolute atomic E-state index is 0.515. The summed E-state index contributed by atoms with van der Waals surface area (Å²) in [6.45, 7) is 1.18. The average molecular weight is 185 g/mol. The number of rotatable bonds is 1. The number of hydrogen-bond donors (Lipinski definition) is 1. The van der Waals surface area contributed by atoms with Crippen LogP contribution in [-0.2, 0) is 0 Å². The third-order valence-corrected chi connectivity index (χ3v) is 3.62. The van der Waals surface area contributed by atoms with Gasteiger partial charge in [-0.3, -0.25) is 0 Å². The van der Waals surface area contributed by atoms with Crippen molar-refractivity contribution in [2.45, 2.75) is 18.9 Å². The molecule has 1 N–H and O–H groups in total. The van der Waals surface area contributed by atoms with E-state index in [2.05, 4.69) is 47.8 Å². The molecule has 1 saturated heterocycles. The van der Waals surface area contributed by atoms with Crippen LogP contribution in [0, 0.1) is 5.41 Å². The quantitative estimate of drug-likeness (QED) is 0.663. The van der Waals surface area contributed by atoms with Crippen LogP contribution in [0.3, 0.4) is 0 Å². The predicted molar refractivity (Wildman–Crippen MR) is 58.0 cm³/mol. The number of allylic oxidation sites excluding steroid dienone is 2. The molecule has 2 aliphatic rings. The van der Waals surface area contributed by atoms with Crippen molar-refractivity contribution < 1.29 is 0 Å². The molecule has 14 heavy (non-hydrogen) atoms. The highest BCUT2D eigenvalue weighted by Crippen LogP contribution is 2.49. The summed E-state index contributed by atoms with van der Waals surface area (Å²) in [6, 6.07) is 11.4. The minimum Gasteiger partial charge on any atom is -0.309 e. The molecule has 0 bridgehead atoms. The topological polar surface area (TPSA) is 12.0 Å². The molecule has 3 rings (SSSR count). The van der Waals surface area contributed by atoms with Gasteiger partial charge in [0.2, 0.25) is 0 Å². The zero-order valence-electron chi connectivity index (χ0n) is 8.24. The molecule has 0 saturated carbocycles. The molecule has 0 aromatic heterocycles. The molecule has 1 fully saturated rings. The molecule has 1 aliphatic carbocycles. The summed E-state index contributed by atoms with van der Waals surface area (Å²) >= 11 is 0. The summed E-state index contributed by atoms with van der Waals surface area (Å²) in [5.41, 5.74) is 1.96. The lowest BCUT2D eigenvalue weighted by Crippen LogP contribution is -2.54. The van der Waals surface area contributed by atoms with Gasteiger partial charge in [-0.15, -0.1) is 0 Å². The van der Waals surface area contributed by atoms with Gasteiger partial charge in [0.05, 0.1) is 0 Å². The van der Waals surface area contributed by atoms with Crippen molar-refractivity contribution in [1.82, 2.24) is 5.32 Å². The molecule has 1 aliphatic heterocycles. The SMILES string of the molecule is C1=CCC2(C1)CN[C@H]2c1ccccc1. The Kier molecular flexibility index (Phi) is 1.74. The van der Waals surface area contributed by atoms with E-state index in [4.69, 9.17) is 0 Å². The van der Waals surface area contributed by atoms with Crippen LogP contribution >= 0.6 is 0 Å². The molecule has 1 atom stereocenters. The van der Waals surface area contributed by atoms with Crippen LogP contribution in [0.15, 0.2) is 42.5 Å². The summed E-state index contributed by atoms with van der Waals surface area (Å²) in [5.74, 6) is 0. The molecule has 72 valence electrons. The van der Waals surface area contributed by atoms with E-state index in [1.54, 1.807) is 0 Å². The van der Waals surface area contributed by atoms with Crippen LogP contribution in [0.25, 0.3) is 0 Å². The summed E-state index contributed by atoms with van der Waals surface area (Å²) in [7, 11) is 0. The zero-order valence-corrected chi connectivity index (χ0v) is 8.24. The monoisotopic (exact) mass is 185 g/mol. The Labute approximate surface area is 84.8 Å². The second-order valence-corrected chi connectivity index (χ2v) is 4.47. The van der Waals surface area contributed by atoms with Gasteiger partial charge in [0.1, 0.15) is 0 Å². The Hall–Kier alpha value is -1.08. The fourth-order valence-electron chi connectivity index (χ4n) is 2.71. The van der Waals surface area contributed by atoms with E-state index in [0.29, 0.717) is 11.5 Å². The van der Waals surface area contributed by atoms with Crippen LogP contribution in [0.5, 0.6) is 0 Å². The highest BCUT2D eigenvalue weighted by atomic mass is 15.0. The fraction of sp³-hybridized carbons (Fsp3) is 0.385. The first-order chi connectivity index (χ1) is 6.91. The van der Waals surface area contributed by atoms with Crippen LogP contribution < -0.4 is 5.32 Å². The Bertz CT molecular complexity index is 345. The van der Waals surface area contributed by atoms with E-state index in [1.165, 1.54) is 24.9 Å². The number of hydrogen-bond acceptors (Lipinski definition) is 1. The molecule has 1 aromatic rings. The van der Waals surface area contributed by atoms with Gasteiger partial charge >= 0.3 is 0 Å². The second kappa shape index (κ2) is 2.96. The summed E-state index contributed by atoms with van der Waals surface area (Å²) in [5, 5.41) is 3.55. The van der Waals surface area contributed by atoms with E-state index in [0.717, 1.165) is 0 Å². The predicted octanol–water partition coefficient (Wildman–Crippen LogP) is 2.67. The van der Waals surface area contributed by atoms with E-state index in [-0.39, 0.29) is 0 Å². The van der Waals surface area contributed by atoms with Crippen LogP contribution in [-0.4, -0.2) is 6.54 Å². The first-order valence-corrected chi connectivity index (χ1v) is 5.34.